The van der Waals surface area contributed by atoms with Gasteiger partial charge in [-0.1, -0.05) is 35.9 Å². The molecule has 10 heavy (non-hydrogen) atoms. The molecule has 60 valence electrons. The molecule has 0 aromatic heterocycles. The van der Waals surface area contributed by atoms with E-state index < -0.39 is 0 Å². The fourth-order valence-electron chi connectivity index (χ4n) is 0.529. The van der Waals surface area contributed by atoms with Crippen molar-refractivity contribution in [2.45, 2.75) is 30.6 Å². The Bertz CT molecular complexity index is 104. The van der Waals surface area contributed by atoms with Gasteiger partial charge in [0.2, 0.25) is 5.91 Å². The molecule has 1 atom stereocenters. The van der Waals surface area contributed by atoms with E-state index in [-0.39, 0.29) is 9.83 Å². The minimum Gasteiger partial charge on any atom is -0.355 e. The summed E-state index contributed by atoms with van der Waals surface area (Å²) < 4.78 is 0.0921. The van der Waals surface area contributed by atoms with Crippen molar-refractivity contribution in [3.8, 4) is 0 Å². The van der Waals surface area contributed by atoms with Gasteiger partial charge >= 0.3 is 0 Å². The SMILES string of the molecule is CCCCNC(=O)C(C)I. The number of halogens is 1. The second-order valence-corrected chi connectivity index (χ2v) is 4.13. The topological polar surface area (TPSA) is 29.1 Å². The molecule has 0 heterocycles. The van der Waals surface area contributed by atoms with Crippen molar-refractivity contribution in [3.63, 3.8) is 0 Å². The Hall–Kier alpha value is 0.200. The molecule has 1 amide bonds. The summed E-state index contributed by atoms with van der Waals surface area (Å²) in [5.41, 5.74) is 0. The zero-order chi connectivity index (χ0) is 7.98. The highest BCUT2D eigenvalue weighted by molar-refractivity contribution is 14.1. The molecule has 0 aliphatic carbocycles. The lowest BCUT2D eigenvalue weighted by Gasteiger charge is -2.04. The van der Waals surface area contributed by atoms with Crippen molar-refractivity contribution < 1.29 is 4.79 Å². The van der Waals surface area contributed by atoms with Crippen LogP contribution in [0.15, 0.2) is 0 Å². The Morgan fingerprint density at radius 1 is 1.70 bits per heavy atom. The first kappa shape index (κ1) is 10.2. The number of unbranched alkanes of at least 4 members (excludes halogenated alkanes) is 1. The van der Waals surface area contributed by atoms with Crippen LogP contribution in [0.1, 0.15) is 26.7 Å². The van der Waals surface area contributed by atoms with Gasteiger partial charge in [-0.15, -0.1) is 0 Å². The Morgan fingerprint density at radius 2 is 2.30 bits per heavy atom. The number of nitrogens with one attached hydrogen (secondary N) is 1. The summed E-state index contributed by atoms with van der Waals surface area (Å²) in [4.78, 5) is 10.9. The molecule has 1 N–H and O–H groups in total. The molecule has 0 spiro atoms. The van der Waals surface area contributed by atoms with E-state index in [4.69, 9.17) is 0 Å². The average molecular weight is 255 g/mol. The standard InChI is InChI=1S/C7H14INO/c1-3-4-5-9-7(10)6(2)8/h6H,3-5H2,1-2H3,(H,9,10). The van der Waals surface area contributed by atoms with Crippen LogP contribution in [-0.4, -0.2) is 16.4 Å². The summed E-state index contributed by atoms with van der Waals surface area (Å²) >= 11 is 2.11. The Morgan fingerprint density at radius 3 is 2.70 bits per heavy atom. The third-order valence-electron chi connectivity index (χ3n) is 1.19. The molecular formula is C7H14INO. The van der Waals surface area contributed by atoms with Crippen LogP contribution in [0.4, 0.5) is 0 Å². The Balaban J connectivity index is 3.22. The molecule has 0 aromatic carbocycles. The zero-order valence-corrected chi connectivity index (χ0v) is 8.64. The monoisotopic (exact) mass is 255 g/mol. The van der Waals surface area contributed by atoms with Crippen LogP contribution < -0.4 is 5.32 Å². The molecule has 3 heteroatoms. The molecule has 0 saturated carbocycles. The van der Waals surface area contributed by atoms with Crippen LogP contribution in [0.25, 0.3) is 0 Å². The lowest BCUT2D eigenvalue weighted by molar-refractivity contribution is -0.119. The lowest BCUT2D eigenvalue weighted by Crippen LogP contribution is -2.29. The van der Waals surface area contributed by atoms with Crippen LogP contribution >= 0.6 is 22.6 Å². The van der Waals surface area contributed by atoms with E-state index in [1.807, 2.05) is 6.92 Å². The van der Waals surface area contributed by atoms with Crippen LogP contribution in [0, 0.1) is 0 Å². The highest BCUT2D eigenvalue weighted by Gasteiger charge is 2.05. The van der Waals surface area contributed by atoms with E-state index in [0.29, 0.717) is 0 Å². The van der Waals surface area contributed by atoms with Crippen LogP contribution in [0.5, 0.6) is 0 Å². The van der Waals surface area contributed by atoms with E-state index >= 15 is 0 Å². The van der Waals surface area contributed by atoms with E-state index in [0.717, 1.165) is 19.4 Å². The maximum atomic E-state index is 10.9. The number of rotatable bonds is 4. The Kier molecular flexibility index (Phi) is 6.06. The van der Waals surface area contributed by atoms with Gasteiger partial charge in [-0.2, -0.15) is 0 Å². The van der Waals surface area contributed by atoms with Crippen LogP contribution in [-0.2, 0) is 4.79 Å². The highest BCUT2D eigenvalue weighted by Crippen LogP contribution is 1.97. The summed E-state index contributed by atoms with van der Waals surface area (Å²) in [6.45, 7) is 4.82. The molecule has 0 aliphatic rings. The quantitative estimate of drug-likeness (QED) is 0.462. The van der Waals surface area contributed by atoms with Crippen LogP contribution in [0.3, 0.4) is 0 Å². The number of hydrogen-bond donors (Lipinski definition) is 1. The van der Waals surface area contributed by atoms with E-state index in [1.54, 1.807) is 0 Å². The van der Waals surface area contributed by atoms with Crippen molar-refractivity contribution in [2.24, 2.45) is 0 Å². The maximum Gasteiger partial charge on any atom is 0.232 e. The molecular weight excluding hydrogens is 241 g/mol. The first-order valence-electron chi connectivity index (χ1n) is 3.60. The number of amides is 1. The largest absolute Gasteiger partial charge is 0.355 e. The van der Waals surface area contributed by atoms with Crippen molar-refractivity contribution in [1.29, 1.82) is 0 Å². The molecule has 0 radical (unpaired) electrons. The lowest BCUT2D eigenvalue weighted by atomic mass is 10.3. The average Bonchev–Trinajstić information content (AvgIpc) is 1.88. The van der Waals surface area contributed by atoms with Crippen molar-refractivity contribution in [2.75, 3.05) is 6.54 Å². The van der Waals surface area contributed by atoms with Gasteiger partial charge in [0.05, 0.1) is 3.92 Å². The van der Waals surface area contributed by atoms with Crippen molar-refractivity contribution >= 4 is 28.5 Å². The Labute approximate surface area is 75.9 Å². The maximum absolute atomic E-state index is 10.9. The van der Waals surface area contributed by atoms with Crippen molar-refractivity contribution in [3.05, 3.63) is 0 Å². The molecule has 0 rings (SSSR count). The summed E-state index contributed by atoms with van der Waals surface area (Å²) in [6.07, 6.45) is 2.21. The second kappa shape index (κ2) is 5.95. The van der Waals surface area contributed by atoms with Gasteiger partial charge < -0.3 is 5.32 Å². The fraction of sp³-hybridized carbons (Fsp3) is 0.857. The van der Waals surface area contributed by atoms with Gasteiger partial charge in [0.15, 0.2) is 0 Å². The van der Waals surface area contributed by atoms with Crippen molar-refractivity contribution in [1.82, 2.24) is 5.32 Å². The zero-order valence-electron chi connectivity index (χ0n) is 6.48. The molecule has 0 saturated heterocycles. The van der Waals surface area contributed by atoms with E-state index in [1.165, 1.54) is 0 Å². The van der Waals surface area contributed by atoms with Gasteiger partial charge in [0.1, 0.15) is 0 Å². The smallest absolute Gasteiger partial charge is 0.232 e. The van der Waals surface area contributed by atoms with Gasteiger partial charge in [0, 0.05) is 6.54 Å². The fourth-order valence-corrected chi connectivity index (χ4v) is 0.749. The summed E-state index contributed by atoms with van der Waals surface area (Å²) in [6, 6.07) is 0. The first-order chi connectivity index (χ1) is 4.68. The van der Waals surface area contributed by atoms with Crippen LogP contribution in [0.2, 0.25) is 0 Å². The summed E-state index contributed by atoms with van der Waals surface area (Å²) in [7, 11) is 0. The number of alkyl halides is 1. The first-order valence-corrected chi connectivity index (χ1v) is 4.84. The molecule has 0 aliphatic heterocycles. The van der Waals surface area contributed by atoms with Gasteiger partial charge in [0.25, 0.3) is 0 Å². The third kappa shape index (κ3) is 5.02. The minimum atomic E-state index is 0.0921. The third-order valence-corrected chi connectivity index (χ3v) is 1.76. The van der Waals surface area contributed by atoms with Gasteiger partial charge in [-0.25, -0.2) is 0 Å². The number of carbonyl (C=O) groups is 1. The second-order valence-electron chi connectivity index (χ2n) is 2.26. The minimum absolute atomic E-state index is 0.0921. The highest BCUT2D eigenvalue weighted by atomic mass is 127. The van der Waals surface area contributed by atoms with E-state index in [9.17, 15) is 4.79 Å². The number of hydrogen-bond acceptors (Lipinski definition) is 1. The molecule has 0 aromatic rings. The molecule has 1 unspecified atom stereocenters. The van der Waals surface area contributed by atoms with Gasteiger partial charge in [-0.3, -0.25) is 4.79 Å². The van der Waals surface area contributed by atoms with E-state index in [2.05, 4.69) is 34.8 Å². The molecule has 0 bridgehead atoms. The molecule has 0 fully saturated rings. The number of carbonyl (C=O) groups excluding carboxylic acids is 1. The predicted octanol–water partition coefficient (Wildman–Crippen LogP) is 1.73. The summed E-state index contributed by atoms with van der Waals surface area (Å²) in [5, 5.41) is 2.84. The summed E-state index contributed by atoms with van der Waals surface area (Å²) in [5.74, 6) is 0.147. The molecule has 2 nitrogen and oxygen atoms in total. The van der Waals surface area contributed by atoms with Gasteiger partial charge in [-0.05, 0) is 13.3 Å². The normalized spacial score (nSPS) is 12.7. The predicted molar refractivity (Wildman–Crippen MR) is 51.4 cm³/mol.